The molecule has 0 unspecified atom stereocenters. The van der Waals surface area contributed by atoms with Crippen LogP contribution in [-0.4, -0.2) is 6.04 Å². The van der Waals surface area contributed by atoms with E-state index < -0.39 is 0 Å². The van der Waals surface area contributed by atoms with E-state index in [9.17, 15) is 4.39 Å². The molecule has 0 saturated heterocycles. The molecule has 14 heavy (non-hydrogen) atoms. The first-order valence-electron chi connectivity index (χ1n) is 4.97. The Morgan fingerprint density at radius 1 is 1.29 bits per heavy atom. The first kappa shape index (κ1) is 9.78. The molecule has 2 rings (SSSR count). The van der Waals surface area contributed by atoms with Crippen LogP contribution >= 0.6 is 11.6 Å². The van der Waals surface area contributed by atoms with Gasteiger partial charge in [-0.05, 0) is 31.0 Å². The monoisotopic (exact) mass is 213 g/mol. The van der Waals surface area contributed by atoms with Crippen LogP contribution in [0, 0.1) is 5.82 Å². The van der Waals surface area contributed by atoms with Gasteiger partial charge >= 0.3 is 0 Å². The van der Waals surface area contributed by atoms with E-state index >= 15 is 0 Å². The Labute approximate surface area is 88.3 Å². The zero-order valence-corrected chi connectivity index (χ0v) is 8.65. The van der Waals surface area contributed by atoms with Crippen molar-refractivity contribution in [1.82, 2.24) is 0 Å². The van der Waals surface area contributed by atoms with Gasteiger partial charge < -0.3 is 5.32 Å². The summed E-state index contributed by atoms with van der Waals surface area (Å²) < 4.78 is 12.9. The van der Waals surface area contributed by atoms with Gasteiger partial charge in [-0.2, -0.15) is 0 Å². The van der Waals surface area contributed by atoms with E-state index in [2.05, 4.69) is 5.32 Å². The van der Waals surface area contributed by atoms with Crippen LogP contribution in [0.15, 0.2) is 18.2 Å². The minimum atomic E-state index is -0.358. The second kappa shape index (κ2) is 4.18. The van der Waals surface area contributed by atoms with E-state index in [4.69, 9.17) is 11.6 Å². The molecule has 1 N–H and O–H groups in total. The van der Waals surface area contributed by atoms with Crippen molar-refractivity contribution in [1.29, 1.82) is 0 Å². The molecular weight excluding hydrogens is 201 g/mol. The first-order valence-corrected chi connectivity index (χ1v) is 5.35. The van der Waals surface area contributed by atoms with Crippen molar-refractivity contribution in [2.24, 2.45) is 0 Å². The number of halogens is 2. The van der Waals surface area contributed by atoms with Crippen molar-refractivity contribution < 1.29 is 4.39 Å². The molecule has 76 valence electrons. The third-order valence-corrected chi connectivity index (χ3v) is 2.94. The molecule has 3 heteroatoms. The van der Waals surface area contributed by atoms with Crippen molar-refractivity contribution >= 4 is 17.3 Å². The normalized spacial score (nSPS) is 17.3. The number of anilines is 1. The summed E-state index contributed by atoms with van der Waals surface area (Å²) in [6.45, 7) is 0. The van der Waals surface area contributed by atoms with E-state index in [1.807, 2.05) is 0 Å². The SMILES string of the molecule is Fc1ccc(NC2CCCC2)cc1Cl. The van der Waals surface area contributed by atoms with Gasteiger partial charge in [0.05, 0.1) is 5.02 Å². The summed E-state index contributed by atoms with van der Waals surface area (Å²) in [6, 6.07) is 5.32. The number of benzene rings is 1. The Kier molecular flexibility index (Phi) is 2.92. The van der Waals surface area contributed by atoms with Crippen LogP contribution in [-0.2, 0) is 0 Å². The molecule has 1 aliphatic rings. The third kappa shape index (κ3) is 2.18. The maximum atomic E-state index is 12.9. The molecule has 0 spiro atoms. The van der Waals surface area contributed by atoms with E-state index in [0.717, 1.165) is 5.69 Å². The molecule has 0 radical (unpaired) electrons. The van der Waals surface area contributed by atoms with Gasteiger partial charge in [-0.15, -0.1) is 0 Å². The molecule has 0 aliphatic heterocycles. The van der Waals surface area contributed by atoms with Gasteiger partial charge in [-0.1, -0.05) is 24.4 Å². The molecule has 1 aromatic carbocycles. The van der Waals surface area contributed by atoms with E-state index in [0.29, 0.717) is 6.04 Å². The standard InChI is InChI=1S/C11H13ClFN/c12-10-7-9(5-6-11(10)13)14-8-3-1-2-4-8/h5-8,14H,1-4H2. The fourth-order valence-corrected chi connectivity index (χ4v) is 2.07. The van der Waals surface area contributed by atoms with Gasteiger partial charge in [0.25, 0.3) is 0 Å². The van der Waals surface area contributed by atoms with Gasteiger partial charge in [-0.25, -0.2) is 4.39 Å². The third-order valence-electron chi connectivity index (χ3n) is 2.65. The zero-order chi connectivity index (χ0) is 9.97. The first-order chi connectivity index (χ1) is 6.75. The molecule has 1 aromatic rings. The quantitative estimate of drug-likeness (QED) is 0.787. The summed E-state index contributed by atoms with van der Waals surface area (Å²) in [7, 11) is 0. The Balaban J connectivity index is 2.05. The maximum Gasteiger partial charge on any atom is 0.141 e. The number of nitrogens with one attached hydrogen (secondary N) is 1. The second-order valence-corrected chi connectivity index (χ2v) is 4.16. The lowest BCUT2D eigenvalue weighted by Crippen LogP contribution is -2.14. The minimum Gasteiger partial charge on any atom is -0.382 e. The fourth-order valence-electron chi connectivity index (χ4n) is 1.89. The Hall–Kier alpha value is -0.760. The van der Waals surface area contributed by atoms with Gasteiger partial charge in [0.15, 0.2) is 0 Å². The van der Waals surface area contributed by atoms with Crippen molar-refractivity contribution in [2.45, 2.75) is 31.7 Å². The summed E-state index contributed by atoms with van der Waals surface area (Å²) in [5.41, 5.74) is 0.920. The fraction of sp³-hybridized carbons (Fsp3) is 0.455. The van der Waals surface area contributed by atoms with Crippen LogP contribution in [0.3, 0.4) is 0 Å². The number of hydrogen-bond acceptors (Lipinski definition) is 1. The molecular formula is C11H13ClFN. The highest BCUT2D eigenvalue weighted by Crippen LogP contribution is 2.24. The smallest absolute Gasteiger partial charge is 0.141 e. The maximum absolute atomic E-state index is 12.9. The van der Waals surface area contributed by atoms with Crippen molar-refractivity contribution in [2.75, 3.05) is 5.32 Å². The summed E-state index contributed by atoms with van der Waals surface area (Å²) >= 11 is 5.68. The molecule has 1 nitrogen and oxygen atoms in total. The van der Waals surface area contributed by atoms with Crippen molar-refractivity contribution in [3.63, 3.8) is 0 Å². The molecule has 1 aliphatic carbocycles. The van der Waals surface area contributed by atoms with Crippen LogP contribution in [0.4, 0.5) is 10.1 Å². The summed E-state index contributed by atoms with van der Waals surface area (Å²) in [6.07, 6.45) is 4.98. The molecule has 0 heterocycles. The topological polar surface area (TPSA) is 12.0 Å². The average molecular weight is 214 g/mol. The van der Waals surface area contributed by atoms with E-state index in [-0.39, 0.29) is 10.8 Å². The summed E-state index contributed by atoms with van der Waals surface area (Å²) in [4.78, 5) is 0. The van der Waals surface area contributed by atoms with E-state index in [1.54, 1.807) is 12.1 Å². The van der Waals surface area contributed by atoms with Gasteiger partial charge in [0, 0.05) is 11.7 Å². The summed E-state index contributed by atoms with van der Waals surface area (Å²) in [5.74, 6) is -0.358. The lowest BCUT2D eigenvalue weighted by molar-refractivity contribution is 0.628. The number of rotatable bonds is 2. The van der Waals surface area contributed by atoms with Crippen molar-refractivity contribution in [3.05, 3.63) is 29.0 Å². The molecule has 1 fully saturated rings. The van der Waals surface area contributed by atoms with Crippen LogP contribution in [0.1, 0.15) is 25.7 Å². The molecule has 0 bridgehead atoms. The highest BCUT2D eigenvalue weighted by molar-refractivity contribution is 6.31. The predicted molar refractivity (Wildman–Crippen MR) is 57.3 cm³/mol. The second-order valence-electron chi connectivity index (χ2n) is 3.75. The predicted octanol–water partition coefficient (Wildman–Crippen LogP) is 3.83. The summed E-state index contributed by atoms with van der Waals surface area (Å²) in [5, 5.41) is 3.55. The van der Waals surface area contributed by atoms with Crippen molar-refractivity contribution in [3.8, 4) is 0 Å². The molecule has 0 amide bonds. The molecule has 0 atom stereocenters. The Morgan fingerprint density at radius 3 is 2.64 bits per heavy atom. The molecule has 0 aromatic heterocycles. The Bertz CT molecular complexity index is 321. The highest BCUT2D eigenvalue weighted by Gasteiger charge is 2.14. The van der Waals surface area contributed by atoms with Crippen LogP contribution in [0.2, 0.25) is 5.02 Å². The largest absolute Gasteiger partial charge is 0.382 e. The lowest BCUT2D eigenvalue weighted by atomic mass is 10.2. The van der Waals surface area contributed by atoms with Crippen LogP contribution in [0.25, 0.3) is 0 Å². The van der Waals surface area contributed by atoms with Gasteiger partial charge in [0.1, 0.15) is 5.82 Å². The van der Waals surface area contributed by atoms with Gasteiger partial charge in [0.2, 0.25) is 0 Å². The number of hydrogen-bond donors (Lipinski definition) is 1. The molecule has 1 saturated carbocycles. The average Bonchev–Trinajstić information content (AvgIpc) is 2.64. The highest BCUT2D eigenvalue weighted by atomic mass is 35.5. The zero-order valence-electron chi connectivity index (χ0n) is 7.89. The van der Waals surface area contributed by atoms with Gasteiger partial charge in [-0.3, -0.25) is 0 Å². The Morgan fingerprint density at radius 2 is 2.00 bits per heavy atom. The van der Waals surface area contributed by atoms with Crippen LogP contribution in [0.5, 0.6) is 0 Å². The van der Waals surface area contributed by atoms with Crippen LogP contribution < -0.4 is 5.32 Å². The van der Waals surface area contributed by atoms with E-state index in [1.165, 1.54) is 31.7 Å². The minimum absolute atomic E-state index is 0.188. The lowest BCUT2D eigenvalue weighted by Gasteiger charge is -2.13.